The van der Waals surface area contributed by atoms with Gasteiger partial charge in [0.05, 0.1) is 24.7 Å². The van der Waals surface area contributed by atoms with Gasteiger partial charge in [-0.2, -0.15) is 4.98 Å². The van der Waals surface area contributed by atoms with E-state index in [1.807, 2.05) is 31.2 Å². The molecule has 0 fully saturated rings. The van der Waals surface area contributed by atoms with Gasteiger partial charge in [-0.05, 0) is 37.3 Å². The van der Waals surface area contributed by atoms with E-state index in [-0.39, 0.29) is 11.7 Å². The van der Waals surface area contributed by atoms with Crippen LogP contribution < -0.4 is 10.1 Å². The molecule has 146 valence electrons. The molecule has 2 aromatic heterocycles. The Morgan fingerprint density at radius 3 is 2.76 bits per heavy atom. The SMILES string of the molecule is COc1ccc(Cl)cc1NC(=O)c1nc(-c2cn(-c3ccc(C)cc3)nn2)no1. The summed E-state index contributed by atoms with van der Waals surface area (Å²) in [6.07, 6.45) is 1.65. The van der Waals surface area contributed by atoms with Crippen LogP contribution in [0.25, 0.3) is 17.2 Å². The van der Waals surface area contributed by atoms with Crippen LogP contribution in [0.3, 0.4) is 0 Å². The third kappa shape index (κ3) is 3.94. The Labute approximate surface area is 170 Å². The van der Waals surface area contributed by atoms with Gasteiger partial charge in [0, 0.05) is 5.02 Å². The zero-order valence-corrected chi connectivity index (χ0v) is 16.2. The lowest BCUT2D eigenvalue weighted by Crippen LogP contribution is -2.13. The minimum Gasteiger partial charge on any atom is -0.495 e. The molecule has 0 spiro atoms. The third-order valence-electron chi connectivity index (χ3n) is 4.05. The van der Waals surface area contributed by atoms with Gasteiger partial charge in [0.1, 0.15) is 5.75 Å². The summed E-state index contributed by atoms with van der Waals surface area (Å²) < 4.78 is 11.9. The highest BCUT2D eigenvalue weighted by molar-refractivity contribution is 6.31. The van der Waals surface area contributed by atoms with Gasteiger partial charge < -0.3 is 14.6 Å². The largest absolute Gasteiger partial charge is 0.495 e. The van der Waals surface area contributed by atoms with Crippen molar-refractivity contribution in [3.8, 4) is 23.0 Å². The molecule has 29 heavy (non-hydrogen) atoms. The van der Waals surface area contributed by atoms with Crippen LogP contribution in [-0.4, -0.2) is 38.2 Å². The second-order valence-corrected chi connectivity index (χ2v) is 6.54. The van der Waals surface area contributed by atoms with E-state index >= 15 is 0 Å². The molecule has 1 amide bonds. The summed E-state index contributed by atoms with van der Waals surface area (Å²) >= 11 is 5.97. The number of aromatic nitrogens is 5. The smallest absolute Gasteiger partial charge is 0.316 e. The summed E-state index contributed by atoms with van der Waals surface area (Å²) in [7, 11) is 1.49. The highest BCUT2D eigenvalue weighted by Crippen LogP contribution is 2.28. The highest BCUT2D eigenvalue weighted by atomic mass is 35.5. The van der Waals surface area contributed by atoms with Crippen LogP contribution in [0.15, 0.2) is 53.2 Å². The van der Waals surface area contributed by atoms with Crippen molar-refractivity contribution < 1.29 is 14.1 Å². The van der Waals surface area contributed by atoms with Gasteiger partial charge in [-0.3, -0.25) is 4.79 Å². The fourth-order valence-electron chi connectivity index (χ4n) is 2.56. The van der Waals surface area contributed by atoms with Gasteiger partial charge in [0.25, 0.3) is 0 Å². The van der Waals surface area contributed by atoms with Crippen molar-refractivity contribution in [2.45, 2.75) is 6.92 Å². The fourth-order valence-corrected chi connectivity index (χ4v) is 2.74. The molecule has 0 unspecified atom stereocenters. The number of anilines is 1. The number of methoxy groups -OCH3 is 1. The van der Waals surface area contributed by atoms with E-state index in [9.17, 15) is 4.79 Å². The Morgan fingerprint density at radius 1 is 1.21 bits per heavy atom. The molecular formula is C19H15ClN6O3. The van der Waals surface area contributed by atoms with Gasteiger partial charge >= 0.3 is 11.8 Å². The average Bonchev–Trinajstić information content (AvgIpc) is 3.38. The van der Waals surface area contributed by atoms with Crippen LogP contribution >= 0.6 is 11.6 Å². The molecule has 0 aliphatic rings. The molecule has 4 aromatic rings. The normalized spacial score (nSPS) is 10.7. The van der Waals surface area contributed by atoms with E-state index in [0.29, 0.717) is 22.2 Å². The Hall–Kier alpha value is -3.72. The first kappa shape index (κ1) is 18.6. The zero-order chi connectivity index (χ0) is 20.4. The number of rotatable bonds is 5. The number of halogens is 1. The summed E-state index contributed by atoms with van der Waals surface area (Å²) in [5.74, 6) is -0.239. The number of carbonyl (C=O) groups excluding carboxylic acids is 1. The lowest BCUT2D eigenvalue weighted by Gasteiger charge is -2.08. The maximum Gasteiger partial charge on any atom is 0.316 e. The van der Waals surface area contributed by atoms with Crippen molar-refractivity contribution >= 4 is 23.2 Å². The van der Waals surface area contributed by atoms with E-state index in [1.54, 1.807) is 29.1 Å². The maximum absolute atomic E-state index is 12.4. The van der Waals surface area contributed by atoms with Crippen LogP contribution in [0.2, 0.25) is 5.02 Å². The van der Waals surface area contributed by atoms with Crippen LogP contribution in [0.4, 0.5) is 5.69 Å². The number of carbonyl (C=O) groups is 1. The second-order valence-electron chi connectivity index (χ2n) is 6.11. The summed E-state index contributed by atoms with van der Waals surface area (Å²) in [6.45, 7) is 2.00. The molecular weight excluding hydrogens is 396 g/mol. The van der Waals surface area contributed by atoms with Crippen molar-refractivity contribution in [3.63, 3.8) is 0 Å². The van der Waals surface area contributed by atoms with Crippen molar-refractivity contribution in [3.05, 3.63) is 65.1 Å². The molecule has 0 bridgehead atoms. The van der Waals surface area contributed by atoms with Gasteiger partial charge in [0.15, 0.2) is 5.69 Å². The molecule has 4 rings (SSSR count). The molecule has 0 aliphatic carbocycles. The van der Waals surface area contributed by atoms with Crippen LogP contribution in [0.1, 0.15) is 16.2 Å². The summed E-state index contributed by atoms with van der Waals surface area (Å²) in [4.78, 5) is 16.5. The van der Waals surface area contributed by atoms with E-state index in [4.69, 9.17) is 20.9 Å². The number of hydrogen-bond acceptors (Lipinski definition) is 7. The van der Waals surface area contributed by atoms with E-state index in [0.717, 1.165) is 11.3 Å². The van der Waals surface area contributed by atoms with Crippen molar-refractivity contribution in [2.75, 3.05) is 12.4 Å². The predicted molar refractivity (Wildman–Crippen MR) is 105 cm³/mol. The van der Waals surface area contributed by atoms with E-state index in [2.05, 4.69) is 25.8 Å². The Morgan fingerprint density at radius 2 is 2.00 bits per heavy atom. The third-order valence-corrected chi connectivity index (χ3v) is 4.29. The monoisotopic (exact) mass is 410 g/mol. The number of benzene rings is 2. The standard InChI is InChI=1S/C19H15ClN6O3/c1-11-3-6-13(7-4-11)26-10-15(23-25-26)17-22-19(29-24-17)18(27)21-14-9-12(20)5-8-16(14)28-2/h3-10H,1-2H3,(H,21,27). The Kier molecular flexibility index (Phi) is 4.96. The molecule has 0 saturated heterocycles. The first-order chi connectivity index (χ1) is 14.0. The van der Waals surface area contributed by atoms with E-state index < -0.39 is 5.91 Å². The Bertz CT molecular complexity index is 1170. The van der Waals surface area contributed by atoms with Crippen molar-refractivity contribution in [1.29, 1.82) is 0 Å². The predicted octanol–water partition coefficient (Wildman–Crippen LogP) is 3.54. The fraction of sp³-hybridized carbons (Fsp3) is 0.105. The molecule has 1 N–H and O–H groups in total. The van der Waals surface area contributed by atoms with Gasteiger partial charge in [-0.15, -0.1) is 5.10 Å². The number of hydrogen-bond donors (Lipinski definition) is 1. The average molecular weight is 411 g/mol. The van der Waals surface area contributed by atoms with Gasteiger partial charge in [-0.1, -0.05) is 39.7 Å². The molecule has 2 heterocycles. The maximum atomic E-state index is 12.4. The molecule has 2 aromatic carbocycles. The molecule has 0 saturated carbocycles. The first-order valence-electron chi connectivity index (χ1n) is 8.52. The van der Waals surface area contributed by atoms with Gasteiger partial charge in [0.2, 0.25) is 5.82 Å². The Balaban J connectivity index is 1.53. The topological polar surface area (TPSA) is 108 Å². The van der Waals surface area contributed by atoms with Crippen molar-refractivity contribution in [1.82, 2.24) is 25.1 Å². The second kappa shape index (κ2) is 7.72. The minimum absolute atomic E-state index is 0.145. The number of nitrogens with zero attached hydrogens (tertiary/aromatic N) is 5. The number of nitrogens with one attached hydrogen (secondary N) is 1. The zero-order valence-electron chi connectivity index (χ0n) is 15.5. The summed E-state index contributed by atoms with van der Waals surface area (Å²) in [5.41, 5.74) is 2.73. The van der Waals surface area contributed by atoms with Crippen LogP contribution in [0.5, 0.6) is 5.75 Å². The van der Waals surface area contributed by atoms with E-state index in [1.165, 1.54) is 7.11 Å². The quantitative estimate of drug-likeness (QED) is 0.536. The van der Waals surface area contributed by atoms with Gasteiger partial charge in [-0.25, -0.2) is 4.68 Å². The number of ether oxygens (including phenoxy) is 1. The first-order valence-corrected chi connectivity index (χ1v) is 8.89. The minimum atomic E-state index is -0.602. The molecule has 9 nitrogen and oxygen atoms in total. The molecule has 0 atom stereocenters. The highest BCUT2D eigenvalue weighted by Gasteiger charge is 2.20. The molecule has 0 aliphatic heterocycles. The molecule has 10 heteroatoms. The van der Waals surface area contributed by atoms with Crippen molar-refractivity contribution in [2.24, 2.45) is 0 Å². The van der Waals surface area contributed by atoms with Crippen LogP contribution in [-0.2, 0) is 0 Å². The summed E-state index contributed by atoms with van der Waals surface area (Å²) in [6, 6.07) is 12.6. The molecule has 0 radical (unpaired) electrons. The lowest BCUT2D eigenvalue weighted by molar-refractivity contribution is 0.0981. The number of amides is 1. The number of aryl methyl sites for hydroxylation is 1. The van der Waals surface area contributed by atoms with Crippen LogP contribution in [0, 0.1) is 6.92 Å². The summed E-state index contributed by atoms with van der Waals surface area (Å²) in [5, 5.41) is 15.0. The lowest BCUT2D eigenvalue weighted by atomic mass is 10.2.